The molecule has 4 aromatic rings. The Morgan fingerprint density at radius 1 is 1.04 bits per heavy atom. The lowest BCUT2D eigenvalue weighted by Crippen LogP contribution is -2.13. The van der Waals surface area contributed by atoms with Crippen molar-refractivity contribution in [3.63, 3.8) is 0 Å². The first-order chi connectivity index (χ1) is 12.2. The van der Waals surface area contributed by atoms with Crippen molar-refractivity contribution < 1.29 is 9.21 Å². The Hall–Kier alpha value is -3.47. The van der Waals surface area contributed by atoms with E-state index < -0.39 is 0 Å². The second kappa shape index (κ2) is 6.20. The zero-order valence-electron chi connectivity index (χ0n) is 13.6. The number of oxazole rings is 1. The molecule has 0 spiro atoms. The normalized spacial score (nSPS) is 10.8. The van der Waals surface area contributed by atoms with E-state index in [9.17, 15) is 4.79 Å². The smallest absolute Gasteiger partial charge is 0.255 e. The van der Waals surface area contributed by atoms with Gasteiger partial charge in [0.1, 0.15) is 5.52 Å². The van der Waals surface area contributed by atoms with E-state index in [1.807, 2.05) is 37.3 Å². The van der Waals surface area contributed by atoms with Crippen LogP contribution in [-0.4, -0.2) is 15.9 Å². The number of anilines is 1. The lowest BCUT2D eigenvalue weighted by Gasteiger charge is -2.07. The third-order valence-corrected chi connectivity index (χ3v) is 3.96. The van der Waals surface area contributed by atoms with E-state index in [0.29, 0.717) is 28.2 Å². The Morgan fingerprint density at radius 3 is 2.64 bits per heavy atom. The van der Waals surface area contributed by atoms with Gasteiger partial charge in [0.05, 0.1) is 0 Å². The molecular weight excluding hydrogens is 314 g/mol. The summed E-state index contributed by atoms with van der Waals surface area (Å²) in [4.78, 5) is 20.9. The standard InChI is InChI=1S/C20H15N3O2/c1-13-4-2-3-5-16(13)19(24)22-15-6-7-18-17(12-15)23-20(25-18)14-8-10-21-11-9-14/h2-12H,1H3,(H,22,24). The van der Waals surface area contributed by atoms with E-state index in [0.717, 1.165) is 11.1 Å². The minimum absolute atomic E-state index is 0.143. The van der Waals surface area contributed by atoms with Crippen LogP contribution in [0.5, 0.6) is 0 Å². The van der Waals surface area contributed by atoms with Gasteiger partial charge in [-0.2, -0.15) is 0 Å². The predicted molar refractivity (Wildman–Crippen MR) is 96.4 cm³/mol. The van der Waals surface area contributed by atoms with Crippen LogP contribution in [-0.2, 0) is 0 Å². The first-order valence-corrected chi connectivity index (χ1v) is 7.89. The zero-order valence-corrected chi connectivity index (χ0v) is 13.6. The van der Waals surface area contributed by atoms with Gasteiger partial charge in [-0.3, -0.25) is 9.78 Å². The molecule has 2 aromatic carbocycles. The molecule has 0 atom stereocenters. The number of aromatic nitrogens is 2. The number of carbonyl (C=O) groups is 1. The number of benzene rings is 2. The third kappa shape index (κ3) is 2.99. The fourth-order valence-corrected chi connectivity index (χ4v) is 2.65. The van der Waals surface area contributed by atoms with E-state index >= 15 is 0 Å². The lowest BCUT2D eigenvalue weighted by atomic mass is 10.1. The number of nitrogens with zero attached hydrogens (tertiary/aromatic N) is 2. The molecule has 1 N–H and O–H groups in total. The molecule has 4 rings (SSSR count). The minimum atomic E-state index is -0.143. The summed E-state index contributed by atoms with van der Waals surface area (Å²) in [5.41, 5.74) is 4.48. The lowest BCUT2D eigenvalue weighted by molar-refractivity contribution is 0.102. The van der Waals surface area contributed by atoms with Gasteiger partial charge in [-0.15, -0.1) is 0 Å². The second-order valence-corrected chi connectivity index (χ2v) is 5.71. The van der Waals surface area contributed by atoms with E-state index in [1.54, 1.807) is 36.7 Å². The largest absolute Gasteiger partial charge is 0.436 e. The van der Waals surface area contributed by atoms with Crippen LogP contribution in [0.25, 0.3) is 22.6 Å². The van der Waals surface area contributed by atoms with Crippen molar-refractivity contribution in [3.05, 3.63) is 78.1 Å². The van der Waals surface area contributed by atoms with E-state index in [-0.39, 0.29) is 5.91 Å². The van der Waals surface area contributed by atoms with Gasteiger partial charge in [-0.05, 0) is 48.9 Å². The minimum Gasteiger partial charge on any atom is -0.436 e. The maximum absolute atomic E-state index is 12.4. The molecule has 0 saturated heterocycles. The highest BCUT2D eigenvalue weighted by molar-refractivity contribution is 6.05. The fourth-order valence-electron chi connectivity index (χ4n) is 2.65. The van der Waals surface area contributed by atoms with Crippen LogP contribution in [0.3, 0.4) is 0 Å². The molecule has 0 aliphatic heterocycles. The van der Waals surface area contributed by atoms with Gasteiger partial charge >= 0.3 is 0 Å². The van der Waals surface area contributed by atoms with Gasteiger partial charge < -0.3 is 9.73 Å². The molecule has 5 heteroatoms. The summed E-state index contributed by atoms with van der Waals surface area (Å²) in [6, 6.07) is 16.6. The molecular formula is C20H15N3O2. The van der Waals surface area contributed by atoms with Gasteiger partial charge in [0.2, 0.25) is 5.89 Å². The molecule has 0 radical (unpaired) electrons. The number of fused-ring (bicyclic) bond motifs is 1. The number of aryl methyl sites for hydroxylation is 1. The number of rotatable bonds is 3. The second-order valence-electron chi connectivity index (χ2n) is 5.71. The number of hydrogen-bond donors (Lipinski definition) is 1. The molecule has 5 nitrogen and oxygen atoms in total. The Bertz CT molecular complexity index is 1050. The van der Waals surface area contributed by atoms with Gasteiger partial charge in [0.25, 0.3) is 5.91 Å². The number of hydrogen-bond acceptors (Lipinski definition) is 4. The number of carbonyl (C=O) groups excluding carboxylic acids is 1. The molecule has 122 valence electrons. The van der Waals surface area contributed by atoms with Crippen LogP contribution in [0.1, 0.15) is 15.9 Å². The van der Waals surface area contributed by atoms with Gasteiger partial charge in [0, 0.05) is 29.2 Å². The third-order valence-electron chi connectivity index (χ3n) is 3.96. The van der Waals surface area contributed by atoms with Gasteiger partial charge in [-0.25, -0.2) is 4.98 Å². The molecule has 1 amide bonds. The summed E-state index contributed by atoms with van der Waals surface area (Å²) in [7, 11) is 0. The summed E-state index contributed by atoms with van der Waals surface area (Å²) in [5.74, 6) is 0.384. The van der Waals surface area contributed by atoms with Crippen molar-refractivity contribution in [2.24, 2.45) is 0 Å². The quantitative estimate of drug-likeness (QED) is 0.603. The summed E-state index contributed by atoms with van der Waals surface area (Å²) in [6.07, 6.45) is 3.39. The SMILES string of the molecule is Cc1ccccc1C(=O)Nc1ccc2oc(-c3ccncc3)nc2c1. The first kappa shape index (κ1) is 15.1. The van der Waals surface area contributed by atoms with Crippen LogP contribution in [0.15, 0.2) is 71.4 Å². The molecule has 0 aliphatic rings. The molecule has 0 saturated carbocycles. The van der Waals surface area contributed by atoms with Crippen LogP contribution >= 0.6 is 0 Å². The monoisotopic (exact) mass is 329 g/mol. The number of pyridine rings is 1. The first-order valence-electron chi connectivity index (χ1n) is 7.89. The highest BCUT2D eigenvalue weighted by Crippen LogP contribution is 2.26. The van der Waals surface area contributed by atoms with Crippen molar-refractivity contribution in [3.8, 4) is 11.5 Å². The molecule has 0 fully saturated rings. The van der Waals surface area contributed by atoms with Crippen LogP contribution in [0.2, 0.25) is 0 Å². The molecule has 0 aliphatic carbocycles. The summed E-state index contributed by atoms with van der Waals surface area (Å²) < 4.78 is 5.77. The fraction of sp³-hybridized carbons (Fsp3) is 0.0500. The van der Waals surface area contributed by atoms with Gasteiger partial charge in [-0.1, -0.05) is 18.2 Å². The molecule has 0 bridgehead atoms. The summed E-state index contributed by atoms with van der Waals surface area (Å²) in [5, 5.41) is 2.91. The predicted octanol–water partition coefficient (Wildman–Crippen LogP) is 4.45. The summed E-state index contributed by atoms with van der Waals surface area (Å²) >= 11 is 0. The van der Waals surface area contributed by atoms with Crippen LogP contribution in [0.4, 0.5) is 5.69 Å². The van der Waals surface area contributed by atoms with Crippen molar-refractivity contribution in [1.82, 2.24) is 9.97 Å². The average molecular weight is 329 g/mol. The van der Waals surface area contributed by atoms with Crippen molar-refractivity contribution in [2.45, 2.75) is 6.92 Å². The summed E-state index contributed by atoms with van der Waals surface area (Å²) in [6.45, 7) is 1.91. The molecule has 2 aromatic heterocycles. The maximum Gasteiger partial charge on any atom is 0.255 e. The maximum atomic E-state index is 12.4. The van der Waals surface area contributed by atoms with Crippen molar-refractivity contribution in [2.75, 3.05) is 5.32 Å². The molecule has 0 unspecified atom stereocenters. The van der Waals surface area contributed by atoms with E-state index in [1.165, 1.54) is 0 Å². The van der Waals surface area contributed by atoms with Crippen LogP contribution in [0, 0.1) is 6.92 Å². The Balaban J connectivity index is 1.63. The van der Waals surface area contributed by atoms with E-state index in [4.69, 9.17) is 4.42 Å². The Labute approximate surface area is 144 Å². The van der Waals surface area contributed by atoms with Crippen molar-refractivity contribution in [1.29, 1.82) is 0 Å². The molecule has 2 heterocycles. The highest BCUT2D eigenvalue weighted by atomic mass is 16.3. The van der Waals surface area contributed by atoms with Crippen LogP contribution < -0.4 is 5.32 Å². The molecule has 25 heavy (non-hydrogen) atoms. The highest BCUT2D eigenvalue weighted by Gasteiger charge is 2.11. The number of nitrogens with one attached hydrogen (secondary N) is 1. The average Bonchev–Trinajstić information content (AvgIpc) is 3.06. The van der Waals surface area contributed by atoms with Crippen molar-refractivity contribution >= 4 is 22.7 Å². The van der Waals surface area contributed by atoms with Gasteiger partial charge in [0.15, 0.2) is 5.58 Å². The zero-order chi connectivity index (χ0) is 17.2. The number of amides is 1. The Morgan fingerprint density at radius 2 is 1.84 bits per heavy atom. The Kier molecular flexibility index (Phi) is 3.74. The van der Waals surface area contributed by atoms with E-state index in [2.05, 4.69) is 15.3 Å². The topological polar surface area (TPSA) is 68.0 Å².